The predicted molar refractivity (Wildman–Crippen MR) is 29.8 cm³/mol. The molecule has 1 heterocycles. The molecule has 3 atom stereocenters. The van der Waals surface area contributed by atoms with Crippen LogP contribution in [0.2, 0.25) is 0 Å². The van der Waals surface area contributed by atoms with Gasteiger partial charge in [0.05, 0.1) is 12.6 Å². The van der Waals surface area contributed by atoms with Gasteiger partial charge in [-0.3, -0.25) is 0 Å². The number of hydrogen-bond acceptors (Lipinski definition) is 3. The summed E-state index contributed by atoms with van der Waals surface area (Å²) in [4.78, 5) is 0. The van der Waals surface area contributed by atoms with Crippen molar-refractivity contribution in [3.05, 3.63) is 0 Å². The third-order valence-electron chi connectivity index (χ3n) is 1.55. The molecule has 0 aromatic carbocycles. The van der Waals surface area contributed by atoms with E-state index >= 15 is 0 Å². The highest BCUT2D eigenvalue weighted by atomic mass is 19.1. The minimum absolute atomic E-state index is 0.145. The molecule has 0 bridgehead atoms. The number of aliphatic hydroxyl groups excluding tert-OH is 2. The van der Waals surface area contributed by atoms with Crippen LogP contribution in [0.25, 0.3) is 0 Å². The van der Waals surface area contributed by atoms with Gasteiger partial charge in [0.25, 0.3) is 0 Å². The van der Waals surface area contributed by atoms with Crippen molar-refractivity contribution in [2.24, 2.45) is 0 Å². The Kier molecular flexibility index (Phi) is 2.00. The fourth-order valence-corrected chi connectivity index (χ4v) is 0.930. The fourth-order valence-electron chi connectivity index (χ4n) is 0.930. The maximum atomic E-state index is 12.3. The van der Waals surface area contributed by atoms with Crippen LogP contribution < -0.4 is 5.32 Å². The number of aliphatic hydroxyl groups is 2. The largest absolute Gasteiger partial charge is 0.395 e. The molecule has 0 saturated carbocycles. The number of halogens is 1. The molecular formula is C5H10FNO2. The Hall–Kier alpha value is -0.190. The van der Waals surface area contributed by atoms with E-state index in [0.29, 0.717) is 0 Å². The highest BCUT2D eigenvalue weighted by molar-refractivity contribution is 4.89. The molecule has 1 saturated heterocycles. The summed E-state index contributed by atoms with van der Waals surface area (Å²) >= 11 is 0. The monoisotopic (exact) mass is 135 g/mol. The van der Waals surface area contributed by atoms with Crippen molar-refractivity contribution in [3.63, 3.8) is 0 Å². The Bertz CT molecular complexity index is 101. The number of hydrogen-bond donors (Lipinski definition) is 3. The number of nitrogens with one attached hydrogen (secondary N) is 1. The Labute approximate surface area is 52.5 Å². The first kappa shape index (κ1) is 6.92. The summed E-state index contributed by atoms with van der Waals surface area (Å²) in [6.45, 7) is -0.0615. The van der Waals surface area contributed by atoms with Gasteiger partial charge in [-0.15, -0.1) is 0 Å². The molecule has 0 aromatic rings. The van der Waals surface area contributed by atoms with Crippen LogP contribution in [0.1, 0.15) is 0 Å². The van der Waals surface area contributed by atoms with Gasteiger partial charge in [-0.2, -0.15) is 0 Å². The summed E-state index contributed by atoms with van der Waals surface area (Å²) in [5.74, 6) is 0. The zero-order valence-corrected chi connectivity index (χ0v) is 4.92. The molecule has 1 fully saturated rings. The molecule has 9 heavy (non-hydrogen) atoms. The van der Waals surface area contributed by atoms with Crippen LogP contribution >= 0.6 is 0 Å². The van der Waals surface area contributed by atoms with Crippen LogP contribution in [-0.4, -0.2) is 41.7 Å². The van der Waals surface area contributed by atoms with E-state index in [1.165, 1.54) is 0 Å². The van der Waals surface area contributed by atoms with Crippen LogP contribution in [0.15, 0.2) is 0 Å². The van der Waals surface area contributed by atoms with Crippen molar-refractivity contribution in [2.75, 3.05) is 13.2 Å². The lowest BCUT2D eigenvalue weighted by Gasteiger charge is -2.10. The van der Waals surface area contributed by atoms with Crippen LogP contribution in [0.3, 0.4) is 0 Å². The molecule has 1 rings (SSSR count). The van der Waals surface area contributed by atoms with Gasteiger partial charge in [-0.05, 0) is 0 Å². The second-order valence-corrected chi connectivity index (χ2v) is 2.20. The molecular weight excluding hydrogens is 125 g/mol. The van der Waals surface area contributed by atoms with Crippen LogP contribution in [0, 0.1) is 0 Å². The van der Waals surface area contributed by atoms with Gasteiger partial charge in [0.1, 0.15) is 12.3 Å². The minimum atomic E-state index is -1.22. The zero-order chi connectivity index (χ0) is 6.85. The van der Waals surface area contributed by atoms with E-state index in [1.54, 1.807) is 0 Å². The van der Waals surface area contributed by atoms with Crippen molar-refractivity contribution in [1.82, 2.24) is 5.32 Å². The van der Waals surface area contributed by atoms with Gasteiger partial charge in [0.2, 0.25) is 0 Å². The van der Waals surface area contributed by atoms with E-state index in [1.807, 2.05) is 0 Å². The lowest BCUT2D eigenvalue weighted by atomic mass is 10.2. The second-order valence-electron chi connectivity index (χ2n) is 2.20. The molecule has 0 radical (unpaired) electrons. The summed E-state index contributed by atoms with van der Waals surface area (Å²) in [6.07, 6.45) is -2.25. The van der Waals surface area contributed by atoms with Crippen molar-refractivity contribution in [2.45, 2.75) is 18.3 Å². The van der Waals surface area contributed by atoms with Crippen molar-refractivity contribution in [1.29, 1.82) is 0 Å². The van der Waals surface area contributed by atoms with E-state index in [-0.39, 0.29) is 13.2 Å². The van der Waals surface area contributed by atoms with Gasteiger partial charge in [0.15, 0.2) is 0 Å². The van der Waals surface area contributed by atoms with E-state index in [9.17, 15) is 4.39 Å². The molecule has 0 aliphatic carbocycles. The van der Waals surface area contributed by atoms with Crippen LogP contribution in [0.4, 0.5) is 4.39 Å². The van der Waals surface area contributed by atoms with Crippen LogP contribution in [0.5, 0.6) is 0 Å². The normalized spacial score (nSPS) is 43.7. The Morgan fingerprint density at radius 3 is 2.56 bits per heavy atom. The summed E-state index contributed by atoms with van der Waals surface area (Å²) in [5, 5.41) is 20.0. The molecule has 0 unspecified atom stereocenters. The van der Waals surface area contributed by atoms with Gasteiger partial charge in [-0.1, -0.05) is 0 Å². The highest BCUT2D eigenvalue weighted by Crippen LogP contribution is 2.09. The lowest BCUT2D eigenvalue weighted by molar-refractivity contribution is 0.0725. The molecule has 1 aliphatic rings. The minimum Gasteiger partial charge on any atom is -0.395 e. The van der Waals surface area contributed by atoms with Crippen molar-refractivity contribution >= 4 is 0 Å². The molecule has 1 aliphatic heterocycles. The zero-order valence-electron chi connectivity index (χ0n) is 4.92. The van der Waals surface area contributed by atoms with E-state index < -0.39 is 18.3 Å². The molecule has 0 aromatic heterocycles. The number of rotatable bonds is 1. The van der Waals surface area contributed by atoms with Gasteiger partial charge >= 0.3 is 0 Å². The summed E-state index contributed by atoms with van der Waals surface area (Å²) in [5.41, 5.74) is 0. The quantitative estimate of drug-likeness (QED) is 0.416. The van der Waals surface area contributed by atoms with Gasteiger partial charge in [-0.25, -0.2) is 4.39 Å². The molecule has 54 valence electrons. The van der Waals surface area contributed by atoms with Crippen LogP contribution in [-0.2, 0) is 0 Å². The van der Waals surface area contributed by atoms with Gasteiger partial charge in [0, 0.05) is 6.54 Å². The first-order valence-electron chi connectivity index (χ1n) is 2.92. The molecule has 3 nitrogen and oxygen atoms in total. The fraction of sp³-hybridized carbons (Fsp3) is 1.00. The van der Waals surface area contributed by atoms with E-state index in [0.717, 1.165) is 0 Å². The predicted octanol–water partition coefficient (Wildman–Crippen LogP) is -1.35. The SMILES string of the molecule is OC[C@H]1NC[C@@H](F)[C@@H]1O. The summed E-state index contributed by atoms with van der Waals surface area (Å²) in [6, 6.07) is -0.472. The first-order chi connectivity index (χ1) is 4.25. The Balaban J connectivity index is 2.41. The van der Waals surface area contributed by atoms with Crippen molar-refractivity contribution in [3.8, 4) is 0 Å². The topological polar surface area (TPSA) is 52.5 Å². The Morgan fingerprint density at radius 2 is 2.33 bits per heavy atom. The highest BCUT2D eigenvalue weighted by Gasteiger charge is 2.33. The molecule has 0 amide bonds. The third kappa shape index (κ3) is 1.20. The first-order valence-corrected chi connectivity index (χ1v) is 2.92. The maximum Gasteiger partial charge on any atom is 0.140 e. The van der Waals surface area contributed by atoms with E-state index in [4.69, 9.17) is 10.2 Å². The number of alkyl halides is 1. The Morgan fingerprint density at radius 1 is 1.67 bits per heavy atom. The summed E-state index contributed by atoms with van der Waals surface area (Å²) < 4.78 is 12.3. The van der Waals surface area contributed by atoms with E-state index in [2.05, 4.69) is 5.32 Å². The molecule has 3 N–H and O–H groups in total. The third-order valence-corrected chi connectivity index (χ3v) is 1.55. The van der Waals surface area contributed by atoms with Gasteiger partial charge < -0.3 is 15.5 Å². The summed E-state index contributed by atoms with van der Waals surface area (Å²) in [7, 11) is 0. The van der Waals surface area contributed by atoms with Crippen molar-refractivity contribution < 1.29 is 14.6 Å². The second kappa shape index (κ2) is 2.60. The average Bonchev–Trinajstić information content (AvgIpc) is 2.15. The average molecular weight is 135 g/mol. The maximum absolute atomic E-state index is 12.3. The smallest absolute Gasteiger partial charge is 0.140 e. The molecule has 0 spiro atoms. The lowest BCUT2D eigenvalue weighted by Crippen LogP contribution is -2.35. The standard InChI is InChI=1S/C5H10FNO2/c6-3-1-7-4(2-8)5(3)9/h3-5,7-9H,1-2H2/t3-,4-,5+/m1/s1. The molecule has 4 heteroatoms.